The molecule has 4 aromatic carbocycles. The zero-order chi connectivity index (χ0) is 25.4. The van der Waals surface area contributed by atoms with Crippen LogP contribution in [-0.4, -0.2) is 4.57 Å². The highest BCUT2D eigenvalue weighted by Gasteiger charge is 2.35. The number of hydrogen-bond acceptors (Lipinski definition) is 0. The van der Waals surface area contributed by atoms with Crippen molar-refractivity contribution in [2.75, 3.05) is 0 Å². The first-order valence-electron chi connectivity index (χ1n) is 13.7. The average Bonchev–Trinajstić information content (AvgIpc) is 3.37. The Balaban J connectivity index is 1.35. The number of para-hydroxylation sites is 2. The number of allylic oxidation sites excluding steroid dienone is 4. The standard InChI is InChI=1S/C36H35N/c1-4-5-6-7-8-9-10-15-26-20-22-28-29-23-21-27(25-33(29)36(2,3)32(28)24-26)37-34-18-13-11-16-30(34)31-17-12-14-19-35(31)37/h6-9,11-14,16-25H,4-5,10,15H2,1-3H3/b7-6-,9-8-. The number of rotatable bonds is 7. The maximum absolute atomic E-state index is 2.45. The second kappa shape index (κ2) is 9.56. The van der Waals surface area contributed by atoms with Crippen LogP contribution in [0.1, 0.15) is 56.7 Å². The van der Waals surface area contributed by atoms with Crippen LogP contribution >= 0.6 is 0 Å². The van der Waals surface area contributed by atoms with Gasteiger partial charge in [0.1, 0.15) is 0 Å². The predicted molar refractivity (Wildman–Crippen MR) is 160 cm³/mol. The molecule has 5 aromatic rings. The van der Waals surface area contributed by atoms with Crippen LogP contribution in [0.15, 0.2) is 109 Å². The van der Waals surface area contributed by atoms with E-state index in [1.807, 2.05) is 0 Å². The molecule has 1 heteroatoms. The van der Waals surface area contributed by atoms with Gasteiger partial charge in [0, 0.05) is 21.9 Å². The Morgan fingerprint density at radius 1 is 0.676 bits per heavy atom. The summed E-state index contributed by atoms with van der Waals surface area (Å²) in [6, 6.07) is 31.7. The average molecular weight is 482 g/mol. The lowest BCUT2D eigenvalue weighted by Crippen LogP contribution is -2.15. The van der Waals surface area contributed by atoms with Crippen molar-refractivity contribution in [3.05, 3.63) is 126 Å². The molecule has 1 aromatic heterocycles. The van der Waals surface area contributed by atoms with Crippen molar-refractivity contribution in [1.82, 2.24) is 4.57 Å². The van der Waals surface area contributed by atoms with Gasteiger partial charge in [0.2, 0.25) is 0 Å². The van der Waals surface area contributed by atoms with E-state index in [0.717, 1.165) is 19.3 Å². The summed E-state index contributed by atoms with van der Waals surface area (Å²) in [6.45, 7) is 6.98. The van der Waals surface area contributed by atoms with Crippen LogP contribution in [0.25, 0.3) is 38.6 Å². The highest BCUT2D eigenvalue weighted by Crippen LogP contribution is 2.50. The number of unbranched alkanes of at least 4 members (excludes halogenated alkanes) is 1. The number of benzene rings is 4. The Hall–Kier alpha value is -3.84. The van der Waals surface area contributed by atoms with Gasteiger partial charge in [-0.2, -0.15) is 0 Å². The van der Waals surface area contributed by atoms with E-state index >= 15 is 0 Å². The number of nitrogens with zero attached hydrogens (tertiary/aromatic N) is 1. The highest BCUT2D eigenvalue weighted by atomic mass is 15.0. The van der Waals surface area contributed by atoms with Crippen molar-refractivity contribution in [3.8, 4) is 16.8 Å². The van der Waals surface area contributed by atoms with Crippen molar-refractivity contribution >= 4 is 21.8 Å². The lowest BCUT2D eigenvalue weighted by molar-refractivity contribution is 0.658. The Kier molecular flexibility index (Phi) is 6.08. The normalized spacial score (nSPS) is 14.2. The van der Waals surface area contributed by atoms with Crippen molar-refractivity contribution < 1.29 is 0 Å². The minimum absolute atomic E-state index is 0.0336. The molecule has 0 aliphatic heterocycles. The summed E-state index contributed by atoms with van der Waals surface area (Å²) in [7, 11) is 0. The maximum Gasteiger partial charge on any atom is 0.0541 e. The topological polar surface area (TPSA) is 4.93 Å². The Labute approximate surface area is 220 Å². The molecule has 1 heterocycles. The molecule has 1 nitrogen and oxygen atoms in total. The minimum Gasteiger partial charge on any atom is -0.309 e. The van der Waals surface area contributed by atoms with Gasteiger partial charge in [-0.1, -0.05) is 112 Å². The molecule has 0 radical (unpaired) electrons. The van der Waals surface area contributed by atoms with Crippen molar-refractivity contribution in [1.29, 1.82) is 0 Å². The quantitative estimate of drug-likeness (QED) is 0.204. The first-order chi connectivity index (χ1) is 18.1. The fraction of sp³-hybridized carbons (Fsp3) is 0.222. The SMILES string of the molecule is CCC/C=C\C=C/CCc1ccc2c(c1)C(C)(C)c1cc(-n3c4ccccc4c4ccccc43)ccc1-2. The molecule has 0 amide bonds. The molecule has 184 valence electrons. The van der Waals surface area contributed by atoms with E-state index in [4.69, 9.17) is 0 Å². The number of aryl methyl sites for hydroxylation is 1. The van der Waals surface area contributed by atoms with E-state index in [0.29, 0.717) is 0 Å². The van der Waals surface area contributed by atoms with Gasteiger partial charge in [-0.15, -0.1) is 0 Å². The summed E-state index contributed by atoms with van der Waals surface area (Å²) in [4.78, 5) is 0. The Morgan fingerprint density at radius 3 is 1.95 bits per heavy atom. The van der Waals surface area contributed by atoms with Gasteiger partial charge >= 0.3 is 0 Å². The summed E-state index contributed by atoms with van der Waals surface area (Å²) >= 11 is 0. The molecule has 0 atom stereocenters. The zero-order valence-electron chi connectivity index (χ0n) is 22.2. The smallest absolute Gasteiger partial charge is 0.0541 e. The number of hydrogen-bond donors (Lipinski definition) is 0. The first-order valence-corrected chi connectivity index (χ1v) is 13.7. The fourth-order valence-corrected chi connectivity index (χ4v) is 6.03. The molecule has 0 fully saturated rings. The molecule has 0 saturated carbocycles. The van der Waals surface area contributed by atoms with E-state index in [-0.39, 0.29) is 5.41 Å². The molecule has 0 unspecified atom stereocenters. The molecule has 0 spiro atoms. The van der Waals surface area contributed by atoms with Crippen LogP contribution in [0.4, 0.5) is 0 Å². The summed E-state index contributed by atoms with van der Waals surface area (Å²) in [5.74, 6) is 0. The van der Waals surface area contributed by atoms with Crippen LogP contribution in [-0.2, 0) is 11.8 Å². The summed E-state index contributed by atoms with van der Waals surface area (Å²) in [6.07, 6.45) is 13.4. The maximum atomic E-state index is 2.45. The highest BCUT2D eigenvalue weighted by molar-refractivity contribution is 6.09. The lowest BCUT2D eigenvalue weighted by Gasteiger charge is -2.23. The Bertz CT molecular complexity index is 1600. The summed E-state index contributed by atoms with van der Waals surface area (Å²) in [5, 5.41) is 2.61. The van der Waals surface area contributed by atoms with E-state index in [9.17, 15) is 0 Å². The minimum atomic E-state index is -0.0336. The van der Waals surface area contributed by atoms with Gasteiger partial charge in [0.15, 0.2) is 0 Å². The lowest BCUT2D eigenvalue weighted by atomic mass is 9.81. The molecule has 6 rings (SSSR count). The molecule has 0 N–H and O–H groups in total. The largest absolute Gasteiger partial charge is 0.309 e. The van der Waals surface area contributed by atoms with Gasteiger partial charge in [-0.3, -0.25) is 0 Å². The number of fused-ring (bicyclic) bond motifs is 6. The Morgan fingerprint density at radius 2 is 1.27 bits per heavy atom. The van der Waals surface area contributed by atoms with E-state index in [2.05, 4.69) is 135 Å². The third kappa shape index (κ3) is 4.03. The second-order valence-corrected chi connectivity index (χ2v) is 10.8. The first kappa shape index (κ1) is 23.6. The van der Waals surface area contributed by atoms with Crippen LogP contribution in [0.5, 0.6) is 0 Å². The zero-order valence-corrected chi connectivity index (χ0v) is 22.2. The van der Waals surface area contributed by atoms with Gasteiger partial charge in [-0.05, 0) is 71.3 Å². The summed E-state index contributed by atoms with van der Waals surface area (Å²) in [5.41, 5.74) is 10.8. The molecular formula is C36H35N. The monoisotopic (exact) mass is 481 g/mol. The van der Waals surface area contributed by atoms with Crippen molar-refractivity contribution in [2.24, 2.45) is 0 Å². The van der Waals surface area contributed by atoms with Crippen LogP contribution in [0.2, 0.25) is 0 Å². The third-order valence-electron chi connectivity index (χ3n) is 8.00. The van der Waals surface area contributed by atoms with Gasteiger partial charge in [-0.25, -0.2) is 0 Å². The molecule has 1 aliphatic rings. The van der Waals surface area contributed by atoms with Crippen molar-refractivity contribution in [3.63, 3.8) is 0 Å². The van der Waals surface area contributed by atoms with Gasteiger partial charge in [0.05, 0.1) is 11.0 Å². The van der Waals surface area contributed by atoms with Crippen LogP contribution < -0.4 is 0 Å². The molecule has 0 saturated heterocycles. The van der Waals surface area contributed by atoms with E-state index in [1.165, 1.54) is 61.7 Å². The van der Waals surface area contributed by atoms with Gasteiger partial charge < -0.3 is 4.57 Å². The van der Waals surface area contributed by atoms with E-state index < -0.39 is 0 Å². The summed E-state index contributed by atoms with van der Waals surface area (Å²) < 4.78 is 2.43. The van der Waals surface area contributed by atoms with Crippen LogP contribution in [0.3, 0.4) is 0 Å². The fourth-order valence-electron chi connectivity index (χ4n) is 6.03. The molecule has 0 bridgehead atoms. The van der Waals surface area contributed by atoms with Crippen molar-refractivity contribution in [2.45, 2.75) is 51.9 Å². The molecule has 37 heavy (non-hydrogen) atoms. The third-order valence-corrected chi connectivity index (χ3v) is 8.00. The van der Waals surface area contributed by atoms with Crippen LogP contribution in [0, 0.1) is 0 Å². The predicted octanol–water partition coefficient (Wildman–Crippen LogP) is 9.94. The van der Waals surface area contributed by atoms with E-state index in [1.54, 1.807) is 0 Å². The molecular weight excluding hydrogens is 446 g/mol. The second-order valence-electron chi connectivity index (χ2n) is 10.8. The number of aromatic nitrogens is 1. The molecule has 1 aliphatic carbocycles. The van der Waals surface area contributed by atoms with Gasteiger partial charge in [0.25, 0.3) is 0 Å².